The molecule has 2 rings (SSSR count). The molecule has 152 valence electrons. The van der Waals surface area contributed by atoms with E-state index < -0.39 is 29.3 Å². The molecule has 2 aromatic rings. The van der Waals surface area contributed by atoms with E-state index in [1.54, 1.807) is 33.8 Å². The number of ether oxygens (including phenoxy) is 2. The fraction of sp³-hybridized carbons (Fsp3) is 0.444. The number of rotatable bonds is 6. The van der Waals surface area contributed by atoms with Crippen LogP contribution in [0.4, 0.5) is 16.5 Å². The topological polar surface area (TPSA) is 140 Å². The van der Waals surface area contributed by atoms with Gasteiger partial charge in [-0.2, -0.15) is 4.98 Å². The number of amides is 1. The maximum atomic E-state index is 12.4. The number of benzene rings is 1. The van der Waals surface area contributed by atoms with E-state index >= 15 is 0 Å². The van der Waals surface area contributed by atoms with E-state index in [9.17, 15) is 14.4 Å². The van der Waals surface area contributed by atoms with Crippen molar-refractivity contribution >= 4 is 34.7 Å². The van der Waals surface area contributed by atoms with Crippen molar-refractivity contribution in [2.24, 2.45) is 0 Å². The number of anilines is 2. The first kappa shape index (κ1) is 21.2. The molecule has 0 fully saturated rings. The molecule has 1 aromatic heterocycles. The Labute approximate surface area is 160 Å². The second-order valence-corrected chi connectivity index (χ2v) is 7.06. The van der Waals surface area contributed by atoms with Gasteiger partial charge in [0.25, 0.3) is 6.01 Å². The van der Waals surface area contributed by atoms with E-state index in [0.717, 1.165) is 0 Å². The minimum absolute atomic E-state index is 0.142. The molecule has 1 amide bonds. The molecule has 28 heavy (non-hydrogen) atoms. The number of nitrogens with zero attached hydrogens (tertiary/aromatic N) is 1. The lowest BCUT2D eigenvalue weighted by Gasteiger charge is -2.20. The first-order valence-corrected chi connectivity index (χ1v) is 8.44. The van der Waals surface area contributed by atoms with Crippen molar-refractivity contribution in [1.82, 2.24) is 4.98 Å². The molecule has 10 heteroatoms. The summed E-state index contributed by atoms with van der Waals surface area (Å²) in [4.78, 5) is 39.7. The number of hydrogen-bond acceptors (Lipinski definition) is 8. The van der Waals surface area contributed by atoms with Crippen LogP contribution in [0.15, 0.2) is 21.3 Å². The van der Waals surface area contributed by atoms with Gasteiger partial charge in [-0.25, -0.2) is 14.4 Å². The van der Waals surface area contributed by atoms with Gasteiger partial charge in [0.1, 0.15) is 5.60 Å². The highest BCUT2D eigenvalue weighted by atomic mass is 16.6. The van der Waals surface area contributed by atoms with Crippen molar-refractivity contribution in [3.63, 3.8) is 0 Å². The summed E-state index contributed by atoms with van der Waals surface area (Å²) in [5.41, 5.74) is -0.284. The summed E-state index contributed by atoms with van der Waals surface area (Å²) < 4.78 is 15.1. The van der Waals surface area contributed by atoms with E-state index in [0.29, 0.717) is 11.3 Å². The Morgan fingerprint density at radius 1 is 1.32 bits per heavy atom. The van der Waals surface area contributed by atoms with Gasteiger partial charge in [0, 0.05) is 12.8 Å². The lowest BCUT2D eigenvalue weighted by Crippen LogP contribution is -2.34. The molecule has 1 atom stereocenters. The van der Waals surface area contributed by atoms with E-state index in [1.807, 2.05) is 0 Å². The predicted octanol–water partition coefficient (Wildman–Crippen LogP) is 2.35. The number of carboxylic acids is 1. The molecule has 0 radical (unpaired) electrons. The van der Waals surface area contributed by atoms with Crippen molar-refractivity contribution in [3.8, 4) is 0 Å². The molecule has 0 unspecified atom stereocenters. The van der Waals surface area contributed by atoms with Gasteiger partial charge in [-0.3, -0.25) is 5.32 Å². The van der Waals surface area contributed by atoms with Crippen molar-refractivity contribution in [2.45, 2.75) is 39.3 Å². The Bertz CT molecular complexity index is 947. The summed E-state index contributed by atoms with van der Waals surface area (Å²) in [6, 6.07) is 1.71. The van der Waals surface area contributed by atoms with E-state index in [4.69, 9.17) is 19.0 Å². The minimum atomic E-state index is -1.18. The number of hydrogen-bond donors (Lipinski definition) is 3. The molecule has 0 saturated heterocycles. The first-order chi connectivity index (χ1) is 13.0. The second-order valence-electron chi connectivity index (χ2n) is 7.06. The van der Waals surface area contributed by atoms with E-state index in [2.05, 4.69) is 15.6 Å². The lowest BCUT2D eigenvalue weighted by atomic mass is 10.1. The number of aryl methyl sites for hydroxylation is 1. The molecule has 1 heterocycles. The van der Waals surface area contributed by atoms with Crippen molar-refractivity contribution in [3.05, 3.63) is 28.1 Å². The Morgan fingerprint density at radius 2 is 2.00 bits per heavy atom. The summed E-state index contributed by atoms with van der Waals surface area (Å²) in [7, 11) is 1.35. The molecular weight excluding hydrogens is 370 g/mol. The Morgan fingerprint density at radius 3 is 2.57 bits per heavy atom. The van der Waals surface area contributed by atoms with E-state index in [1.165, 1.54) is 13.2 Å². The maximum absolute atomic E-state index is 12.4. The third-order valence-corrected chi connectivity index (χ3v) is 3.62. The zero-order valence-corrected chi connectivity index (χ0v) is 16.3. The Balaban J connectivity index is 2.35. The van der Waals surface area contributed by atoms with Crippen LogP contribution in [-0.2, 0) is 14.3 Å². The molecule has 10 nitrogen and oxygen atoms in total. The monoisotopic (exact) mass is 393 g/mol. The maximum Gasteiger partial charge on any atom is 0.412 e. The number of carbonyl (C=O) groups excluding carboxylic acids is 1. The number of aromatic nitrogens is 1. The van der Waals surface area contributed by atoms with Crippen LogP contribution in [0.25, 0.3) is 10.9 Å². The van der Waals surface area contributed by atoms with Crippen molar-refractivity contribution < 1.29 is 28.6 Å². The van der Waals surface area contributed by atoms with Crippen LogP contribution in [0, 0.1) is 6.92 Å². The molecule has 0 aliphatic carbocycles. The highest BCUT2D eigenvalue weighted by Crippen LogP contribution is 2.24. The second kappa shape index (κ2) is 8.26. The highest BCUT2D eigenvalue weighted by Gasteiger charge is 2.21. The Kier molecular flexibility index (Phi) is 6.24. The molecule has 0 aliphatic heterocycles. The molecule has 0 saturated carbocycles. The molecule has 3 N–H and O–H groups in total. The summed E-state index contributed by atoms with van der Waals surface area (Å²) in [6.45, 7) is 6.70. The summed E-state index contributed by atoms with van der Waals surface area (Å²) >= 11 is 0. The van der Waals surface area contributed by atoms with Crippen LogP contribution >= 0.6 is 0 Å². The van der Waals surface area contributed by atoms with Crippen LogP contribution in [0.1, 0.15) is 26.3 Å². The molecule has 0 bridgehead atoms. The van der Waals surface area contributed by atoms with Crippen molar-refractivity contribution in [1.29, 1.82) is 0 Å². The quantitative estimate of drug-likeness (QED) is 0.674. The highest BCUT2D eigenvalue weighted by molar-refractivity contribution is 5.93. The Hall–Kier alpha value is -3.14. The zero-order valence-electron chi connectivity index (χ0n) is 16.3. The van der Waals surface area contributed by atoms with Gasteiger partial charge >= 0.3 is 17.7 Å². The van der Waals surface area contributed by atoms with Crippen LogP contribution < -0.4 is 16.3 Å². The van der Waals surface area contributed by atoms with Gasteiger partial charge in [0.2, 0.25) is 0 Å². The molecule has 0 spiro atoms. The van der Waals surface area contributed by atoms with Crippen LogP contribution in [0.2, 0.25) is 0 Å². The number of nitrogens with one attached hydrogen (secondary N) is 2. The fourth-order valence-corrected chi connectivity index (χ4v) is 2.42. The van der Waals surface area contributed by atoms with Gasteiger partial charge in [-0.1, -0.05) is 0 Å². The first-order valence-electron chi connectivity index (χ1n) is 8.44. The number of carbonyl (C=O) groups is 2. The summed E-state index contributed by atoms with van der Waals surface area (Å²) in [6.07, 6.45) is -0.658. The van der Waals surface area contributed by atoms with Gasteiger partial charge in [0.15, 0.2) is 6.04 Å². The van der Waals surface area contributed by atoms with Crippen LogP contribution in [0.5, 0.6) is 0 Å². The summed E-state index contributed by atoms with van der Waals surface area (Å²) in [5.74, 6) is -1.18. The zero-order chi connectivity index (χ0) is 21.1. The number of carboxylic acid groups (broad SMARTS) is 1. The van der Waals surface area contributed by atoms with Gasteiger partial charge in [-0.05, 0) is 45.4 Å². The third kappa shape index (κ3) is 5.19. The average Bonchev–Trinajstić information content (AvgIpc) is 2.55. The normalized spacial score (nSPS) is 12.5. The minimum Gasteiger partial charge on any atom is -0.480 e. The lowest BCUT2D eigenvalue weighted by molar-refractivity contribution is -0.139. The largest absolute Gasteiger partial charge is 0.480 e. The van der Waals surface area contributed by atoms with Gasteiger partial charge in [-0.15, -0.1) is 0 Å². The standard InChI is InChI=1S/C18H23N3O7/c1-9-10(21-17(25)28-18(2,3)4)6-7-11-13(9)15(24)27-16(19-11)20-12(8-26-5)14(22)23/h6-7,12H,8H2,1-5H3,(H,19,20)(H,21,25)(H,22,23)/t12-/m0/s1. The summed E-state index contributed by atoms with van der Waals surface area (Å²) in [5, 5.41) is 14.4. The molecular formula is C18H23N3O7. The predicted molar refractivity (Wildman–Crippen MR) is 102 cm³/mol. The smallest absolute Gasteiger partial charge is 0.412 e. The molecule has 1 aromatic carbocycles. The number of methoxy groups -OCH3 is 1. The number of fused-ring (bicyclic) bond motifs is 1. The fourth-order valence-electron chi connectivity index (χ4n) is 2.42. The third-order valence-electron chi connectivity index (χ3n) is 3.62. The number of aliphatic carboxylic acids is 1. The van der Waals surface area contributed by atoms with E-state index in [-0.39, 0.29) is 23.5 Å². The van der Waals surface area contributed by atoms with Crippen LogP contribution in [0.3, 0.4) is 0 Å². The molecule has 0 aliphatic rings. The van der Waals surface area contributed by atoms with Gasteiger partial charge in [0.05, 0.1) is 17.5 Å². The SMILES string of the molecule is COC[C@H](Nc1nc2ccc(NC(=O)OC(C)(C)C)c(C)c2c(=O)o1)C(=O)O. The average molecular weight is 393 g/mol. The van der Waals surface area contributed by atoms with Crippen LogP contribution in [-0.4, -0.2) is 47.5 Å². The van der Waals surface area contributed by atoms with Crippen molar-refractivity contribution in [2.75, 3.05) is 24.4 Å². The van der Waals surface area contributed by atoms with Gasteiger partial charge < -0.3 is 24.3 Å².